The van der Waals surface area contributed by atoms with Gasteiger partial charge in [-0.15, -0.1) is 11.8 Å². The molecular weight excluding hydrogens is 308 g/mol. The lowest BCUT2D eigenvalue weighted by molar-refractivity contribution is 0.602. The van der Waals surface area contributed by atoms with Gasteiger partial charge < -0.3 is 0 Å². The molecule has 90 valence electrons. The van der Waals surface area contributed by atoms with Gasteiger partial charge >= 0.3 is 0 Å². The third kappa shape index (κ3) is 4.89. The van der Waals surface area contributed by atoms with Crippen LogP contribution in [0.1, 0.15) is 12.8 Å². The van der Waals surface area contributed by atoms with Crippen LogP contribution in [0.25, 0.3) is 0 Å². The molecule has 0 N–H and O–H groups in total. The first kappa shape index (κ1) is 14.1. The number of alkyl halides is 1. The third-order valence-corrected chi connectivity index (χ3v) is 4.84. The van der Waals surface area contributed by atoms with Crippen LogP contribution >= 0.6 is 27.7 Å². The topological polar surface area (TPSA) is 34.1 Å². The highest BCUT2D eigenvalue weighted by atomic mass is 79.9. The maximum Gasteiger partial charge on any atom is 0.175 e. The first-order valence-electron chi connectivity index (χ1n) is 5.03. The molecule has 1 aromatic carbocycles. The van der Waals surface area contributed by atoms with Crippen LogP contribution in [-0.2, 0) is 9.84 Å². The van der Waals surface area contributed by atoms with Gasteiger partial charge in [-0.2, -0.15) is 0 Å². The van der Waals surface area contributed by atoms with E-state index in [9.17, 15) is 8.42 Å². The van der Waals surface area contributed by atoms with Crippen LogP contribution in [0.15, 0.2) is 34.1 Å². The molecule has 2 nitrogen and oxygen atoms in total. The fraction of sp³-hybridized carbons (Fsp3) is 0.455. The number of rotatable bonds is 6. The van der Waals surface area contributed by atoms with E-state index in [-0.39, 0.29) is 0 Å². The summed E-state index contributed by atoms with van der Waals surface area (Å²) in [5, 5.41) is 1.04. The molecule has 16 heavy (non-hydrogen) atoms. The van der Waals surface area contributed by atoms with Gasteiger partial charge in [0.1, 0.15) is 0 Å². The Hall–Kier alpha value is -0.000000000000000111. The maximum atomic E-state index is 11.2. The zero-order chi connectivity index (χ0) is 12.0. The minimum Gasteiger partial charge on any atom is -0.224 e. The van der Waals surface area contributed by atoms with Crippen molar-refractivity contribution >= 4 is 37.5 Å². The summed E-state index contributed by atoms with van der Waals surface area (Å²) < 4.78 is 22.5. The van der Waals surface area contributed by atoms with Crippen LogP contribution in [0.3, 0.4) is 0 Å². The Morgan fingerprint density at radius 2 is 1.81 bits per heavy atom. The maximum absolute atomic E-state index is 11.2. The summed E-state index contributed by atoms with van der Waals surface area (Å²) in [6.45, 7) is 0. The lowest BCUT2D eigenvalue weighted by Gasteiger charge is -2.02. The van der Waals surface area contributed by atoms with Crippen molar-refractivity contribution in [2.75, 3.05) is 17.3 Å². The lowest BCUT2D eigenvalue weighted by atomic mass is 10.4. The van der Waals surface area contributed by atoms with Gasteiger partial charge in [0, 0.05) is 16.5 Å². The molecule has 0 fully saturated rings. The van der Waals surface area contributed by atoms with Gasteiger partial charge in [-0.25, -0.2) is 8.42 Å². The predicted molar refractivity (Wildman–Crippen MR) is 73.3 cm³/mol. The second-order valence-electron chi connectivity index (χ2n) is 3.49. The van der Waals surface area contributed by atoms with Crippen LogP contribution in [0.2, 0.25) is 0 Å². The molecule has 0 aliphatic rings. The summed E-state index contributed by atoms with van der Waals surface area (Å²) in [4.78, 5) is 1.51. The highest BCUT2D eigenvalue weighted by molar-refractivity contribution is 9.09. The summed E-state index contributed by atoms with van der Waals surface area (Å²) in [7, 11) is -3.06. The van der Waals surface area contributed by atoms with Gasteiger partial charge in [0.15, 0.2) is 9.84 Å². The highest BCUT2D eigenvalue weighted by Gasteiger charge is 2.05. The summed E-state index contributed by atoms with van der Waals surface area (Å²) in [5.41, 5.74) is 0. The average Bonchev–Trinajstić information content (AvgIpc) is 2.24. The normalized spacial score (nSPS) is 11.6. The zero-order valence-electron chi connectivity index (χ0n) is 9.15. The molecule has 1 rings (SSSR count). The van der Waals surface area contributed by atoms with Crippen molar-refractivity contribution in [2.24, 2.45) is 0 Å². The summed E-state index contributed by atoms with van der Waals surface area (Å²) >= 11 is 5.16. The molecule has 0 aromatic heterocycles. The van der Waals surface area contributed by atoms with Crippen molar-refractivity contribution in [3.63, 3.8) is 0 Å². The molecular formula is C11H15BrO2S2. The van der Waals surface area contributed by atoms with E-state index in [1.807, 2.05) is 12.1 Å². The van der Waals surface area contributed by atoms with E-state index >= 15 is 0 Å². The first-order chi connectivity index (χ1) is 7.54. The summed E-state index contributed by atoms with van der Waals surface area (Å²) in [6.07, 6.45) is 3.57. The molecule has 0 saturated carbocycles. The van der Waals surface area contributed by atoms with Crippen molar-refractivity contribution < 1.29 is 8.42 Å². The van der Waals surface area contributed by atoms with Gasteiger partial charge in [-0.3, -0.25) is 0 Å². The Balaban J connectivity index is 2.52. The Kier molecular flexibility index (Phi) is 5.86. The van der Waals surface area contributed by atoms with Crippen molar-refractivity contribution in [2.45, 2.75) is 22.6 Å². The van der Waals surface area contributed by atoms with E-state index in [2.05, 4.69) is 15.9 Å². The Morgan fingerprint density at radius 1 is 1.19 bits per heavy atom. The molecule has 0 amide bonds. The van der Waals surface area contributed by atoms with Gasteiger partial charge in [-0.05, 0) is 42.9 Å². The molecule has 0 atom stereocenters. The Bertz CT molecular complexity index is 412. The van der Waals surface area contributed by atoms with Crippen LogP contribution in [0.5, 0.6) is 0 Å². The van der Waals surface area contributed by atoms with Crippen molar-refractivity contribution in [3.8, 4) is 0 Å². The number of halogens is 1. The van der Waals surface area contributed by atoms with Gasteiger partial charge in [-0.1, -0.05) is 15.9 Å². The number of hydrogen-bond acceptors (Lipinski definition) is 3. The molecule has 0 radical (unpaired) electrons. The van der Waals surface area contributed by atoms with Crippen molar-refractivity contribution in [1.82, 2.24) is 0 Å². The third-order valence-electron chi connectivity index (χ3n) is 2.05. The fourth-order valence-electron chi connectivity index (χ4n) is 1.17. The number of benzene rings is 1. The molecule has 0 unspecified atom stereocenters. The zero-order valence-corrected chi connectivity index (χ0v) is 12.4. The summed E-state index contributed by atoms with van der Waals surface area (Å²) in [6, 6.07) is 7.08. The van der Waals surface area contributed by atoms with Crippen LogP contribution in [0, 0.1) is 0 Å². The van der Waals surface area contributed by atoms with E-state index < -0.39 is 9.84 Å². The standard InChI is InChI=1S/C11H15BrO2S2/c1-16(13,14)11-6-4-10(5-7-11)15-9-3-2-8-12/h4-7H,2-3,8-9H2,1H3. The molecule has 0 saturated heterocycles. The number of thioether (sulfide) groups is 1. The SMILES string of the molecule is CS(=O)(=O)c1ccc(SCCCCBr)cc1. The van der Waals surface area contributed by atoms with Crippen LogP contribution in [-0.4, -0.2) is 25.8 Å². The number of sulfone groups is 1. The van der Waals surface area contributed by atoms with E-state index in [0.717, 1.165) is 16.0 Å². The van der Waals surface area contributed by atoms with E-state index in [1.165, 1.54) is 19.1 Å². The first-order valence-corrected chi connectivity index (χ1v) is 9.03. The molecule has 0 aliphatic heterocycles. The Labute approximate surface area is 110 Å². The minimum absolute atomic E-state index is 0.386. The fourth-order valence-corrected chi connectivity index (χ4v) is 3.11. The smallest absolute Gasteiger partial charge is 0.175 e. The van der Waals surface area contributed by atoms with Gasteiger partial charge in [0.2, 0.25) is 0 Å². The number of hydrogen-bond donors (Lipinski definition) is 0. The van der Waals surface area contributed by atoms with Crippen molar-refractivity contribution in [1.29, 1.82) is 0 Å². The van der Waals surface area contributed by atoms with Crippen molar-refractivity contribution in [3.05, 3.63) is 24.3 Å². The van der Waals surface area contributed by atoms with E-state index in [0.29, 0.717) is 4.90 Å². The molecule has 0 bridgehead atoms. The molecule has 0 heterocycles. The predicted octanol–water partition coefficient (Wildman–Crippen LogP) is 3.36. The molecule has 1 aromatic rings. The van der Waals surface area contributed by atoms with Gasteiger partial charge in [0.25, 0.3) is 0 Å². The molecule has 0 spiro atoms. The second kappa shape index (κ2) is 6.67. The molecule has 5 heteroatoms. The van der Waals surface area contributed by atoms with E-state index in [1.54, 1.807) is 23.9 Å². The quantitative estimate of drug-likeness (QED) is 0.457. The van der Waals surface area contributed by atoms with Gasteiger partial charge in [0.05, 0.1) is 4.90 Å². The monoisotopic (exact) mass is 322 g/mol. The Morgan fingerprint density at radius 3 is 2.31 bits per heavy atom. The lowest BCUT2D eigenvalue weighted by Crippen LogP contribution is -1.96. The largest absolute Gasteiger partial charge is 0.224 e. The highest BCUT2D eigenvalue weighted by Crippen LogP contribution is 2.21. The number of unbranched alkanes of at least 4 members (excludes halogenated alkanes) is 1. The van der Waals surface area contributed by atoms with E-state index in [4.69, 9.17) is 0 Å². The average molecular weight is 323 g/mol. The van der Waals surface area contributed by atoms with Crippen LogP contribution < -0.4 is 0 Å². The molecule has 0 aliphatic carbocycles. The summed E-state index contributed by atoms with van der Waals surface area (Å²) in [5.74, 6) is 1.07. The minimum atomic E-state index is -3.06. The van der Waals surface area contributed by atoms with Crippen LogP contribution in [0.4, 0.5) is 0 Å². The second-order valence-corrected chi connectivity index (χ2v) is 7.47.